The summed E-state index contributed by atoms with van der Waals surface area (Å²) in [6.45, 7) is 4.37. The minimum absolute atomic E-state index is 0.555. The monoisotopic (exact) mass is 416 g/mol. The average molecular weight is 417 g/mol. The van der Waals surface area contributed by atoms with Crippen molar-refractivity contribution in [1.29, 1.82) is 0 Å². The van der Waals surface area contributed by atoms with Crippen molar-refractivity contribution in [2.75, 3.05) is 38.2 Å². The molecule has 1 aliphatic heterocycles. The lowest BCUT2D eigenvalue weighted by atomic mass is 10.2. The average Bonchev–Trinajstić information content (AvgIpc) is 3.09. The highest BCUT2D eigenvalue weighted by Gasteiger charge is 2.18. The Morgan fingerprint density at radius 1 is 1.00 bits per heavy atom. The van der Waals surface area contributed by atoms with Crippen LogP contribution in [0.4, 0.5) is 5.69 Å². The Morgan fingerprint density at radius 3 is 2.43 bits per heavy atom. The maximum Gasteiger partial charge on any atom is 0.221 e. The molecule has 0 aliphatic carbocycles. The third kappa shape index (κ3) is 4.04. The standard InChI is InChI=1S/C19H21ClN6OS/c1-27-18-7-5-16(6-8-18)24-11-9-23(10-12-24)14-25-19(28)26(22-21-25)17-4-2-3-15(20)13-17/h2-8,13H,9-12,14H2,1H3. The normalized spacial score (nSPS) is 15.0. The van der Waals surface area contributed by atoms with Crippen LogP contribution in [0.25, 0.3) is 5.69 Å². The number of ether oxygens (including phenoxy) is 1. The van der Waals surface area contributed by atoms with Crippen LogP contribution in [0.2, 0.25) is 5.02 Å². The van der Waals surface area contributed by atoms with Crippen LogP contribution in [-0.4, -0.2) is 58.0 Å². The summed E-state index contributed by atoms with van der Waals surface area (Å²) < 4.78 is 9.17. The highest BCUT2D eigenvalue weighted by Crippen LogP contribution is 2.20. The second kappa shape index (κ2) is 8.30. The molecule has 1 aromatic heterocycles. The first kappa shape index (κ1) is 18.9. The molecular weight excluding hydrogens is 396 g/mol. The fourth-order valence-corrected chi connectivity index (χ4v) is 3.68. The number of benzene rings is 2. The number of aromatic nitrogens is 4. The molecule has 0 radical (unpaired) electrons. The van der Waals surface area contributed by atoms with Crippen molar-refractivity contribution in [3.8, 4) is 11.4 Å². The zero-order valence-electron chi connectivity index (χ0n) is 15.5. The number of methoxy groups -OCH3 is 1. The molecule has 0 N–H and O–H groups in total. The van der Waals surface area contributed by atoms with Crippen LogP contribution < -0.4 is 9.64 Å². The number of nitrogens with zero attached hydrogens (tertiary/aromatic N) is 6. The molecule has 7 nitrogen and oxygen atoms in total. The van der Waals surface area contributed by atoms with Crippen molar-refractivity contribution in [3.05, 3.63) is 58.3 Å². The van der Waals surface area contributed by atoms with Crippen molar-refractivity contribution in [2.24, 2.45) is 0 Å². The zero-order chi connectivity index (χ0) is 19.5. The molecule has 1 fully saturated rings. The SMILES string of the molecule is COc1ccc(N2CCN(Cn3nnn(-c4cccc(Cl)c4)c3=S)CC2)cc1. The summed E-state index contributed by atoms with van der Waals surface area (Å²) in [5.41, 5.74) is 2.03. The minimum atomic E-state index is 0.555. The van der Waals surface area contributed by atoms with E-state index in [9.17, 15) is 0 Å². The highest BCUT2D eigenvalue weighted by molar-refractivity contribution is 7.71. The fraction of sp³-hybridized carbons (Fsp3) is 0.316. The molecule has 0 unspecified atom stereocenters. The van der Waals surface area contributed by atoms with Gasteiger partial charge in [0.05, 0.1) is 19.5 Å². The summed E-state index contributed by atoms with van der Waals surface area (Å²) in [5.74, 6) is 0.875. The summed E-state index contributed by atoms with van der Waals surface area (Å²) >= 11 is 11.6. The molecule has 0 bridgehead atoms. The third-order valence-electron chi connectivity index (χ3n) is 4.84. The molecule has 3 aromatic rings. The number of rotatable bonds is 5. The molecule has 4 rings (SSSR count). The van der Waals surface area contributed by atoms with Crippen molar-refractivity contribution < 1.29 is 4.74 Å². The van der Waals surface area contributed by atoms with Gasteiger partial charge >= 0.3 is 0 Å². The van der Waals surface area contributed by atoms with Gasteiger partial charge in [0.1, 0.15) is 5.75 Å². The summed E-state index contributed by atoms with van der Waals surface area (Å²) in [6.07, 6.45) is 0. The van der Waals surface area contributed by atoms with Crippen LogP contribution in [0.1, 0.15) is 0 Å². The van der Waals surface area contributed by atoms with E-state index in [-0.39, 0.29) is 0 Å². The third-order valence-corrected chi connectivity index (χ3v) is 5.45. The molecule has 1 aliphatic rings. The first-order chi connectivity index (χ1) is 13.6. The topological polar surface area (TPSA) is 51.4 Å². The molecule has 146 valence electrons. The van der Waals surface area contributed by atoms with Gasteiger partial charge in [-0.15, -0.1) is 0 Å². The Morgan fingerprint density at radius 2 is 1.75 bits per heavy atom. The minimum Gasteiger partial charge on any atom is -0.497 e. The quantitative estimate of drug-likeness (QED) is 0.595. The van der Waals surface area contributed by atoms with Crippen LogP contribution in [0, 0.1) is 4.77 Å². The first-order valence-electron chi connectivity index (χ1n) is 9.04. The molecule has 0 spiro atoms. The Labute approximate surface area is 173 Å². The van der Waals surface area contributed by atoms with E-state index >= 15 is 0 Å². The van der Waals surface area contributed by atoms with Gasteiger partial charge in [-0.25, -0.2) is 4.68 Å². The van der Waals surface area contributed by atoms with Crippen LogP contribution in [0.3, 0.4) is 0 Å². The Kier molecular flexibility index (Phi) is 5.61. The molecule has 2 aromatic carbocycles. The van der Waals surface area contributed by atoms with E-state index in [0.717, 1.165) is 37.6 Å². The van der Waals surface area contributed by atoms with Crippen LogP contribution in [0.5, 0.6) is 5.75 Å². The van der Waals surface area contributed by atoms with E-state index in [1.807, 2.05) is 36.4 Å². The predicted molar refractivity (Wildman–Crippen MR) is 112 cm³/mol. The van der Waals surface area contributed by atoms with E-state index in [0.29, 0.717) is 16.5 Å². The summed E-state index contributed by atoms with van der Waals surface area (Å²) in [7, 11) is 1.68. The molecule has 2 heterocycles. The number of anilines is 1. The Balaban J connectivity index is 1.39. The fourth-order valence-electron chi connectivity index (χ4n) is 3.26. The van der Waals surface area contributed by atoms with Crippen molar-refractivity contribution in [2.45, 2.75) is 6.67 Å². The van der Waals surface area contributed by atoms with E-state index in [2.05, 4.69) is 32.4 Å². The predicted octanol–water partition coefficient (Wildman–Crippen LogP) is 3.24. The number of hydrogen-bond donors (Lipinski definition) is 0. The first-order valence-corrected chi connectivity index (χ1v) is 9.83. The van der Waals surface area contributed by atoms with E-state index in [1.165, 1.54) is 5.69 Å². The molecule has 0 saturated carbocycles. The van der Waals surface area contributed by atoms with Gasteiger partial charge in [-0.1, -0.05) is 17.7 Å². The van der Waals surface area contributed by atoms with Gasteiger partial charge < -0.3 is 9.64 Å². The van der Waals surface area contributed by atoms with Gasteiger partial charge in [-0.3, -0.25) is 4.90 Å². The Hall–Kier alpha value is -2.42. The highest BCUT2D eigenvalue weighted by atomic mass is 35.5. The summed E-state index contributed by atoms with van der Waals surface area (Å²) in [5, 5.41) is 9.06. The number of piperazine rings is 1. The summed E-state index contributed by atoms with van der Waals surface area (Å²) in [6, 6.07) is 15.6. The molecule has 9 heteroatoms. The lowest BCUT2D eigenvalue weighted by molar-refractivity contribution is 0.193. The van der Waals surface area contributed by atoms with Gasteiger partial charge in [-0.05, 0) is 65.1 Å². The molecular formula is C19H21ClN6OS. The number of halogens is 1. The van der Waals surface area contributed by atoms with Crippen LogP contribution in [-0.2, 0) is 6.67 Å². The van der Waals surface area contributed by atoms with Crippen LogP contribution in [0.15, 0.2) is 48.5 Å². The largest absolute Gasteiger partial charge is 0.497 e. The summed E-state index contributed by atoms with van der Waals surface area (Å²) in [4.78, 5) is 4.70. The molecule has 0 amide bonds. The number of hydrogen-bond acceptors (Lipinski definition) is 6. The van der Waals surface area contributed by atoms with Crippen molar-refractivity contribution >= 4 is 29.5 Å². The lowest BCUT2D eigenvalue weighted by Crippen LogP contribution is -2.47. The number of tetrazole rings is 1. The maximum absolute atomic E-state index is 6.07. The van der Waals surface area contributed by atoms with E-state index in [4.69, 9.17) is 28.6 Å². The lowest BCUT2D eigenvalue weighted by Gasteiger charge is -2.35. The Bertz CT molecular complexity index is 994. The van der Waals surface area contributed by atoms with Gasteiger partial charge in [-0.2, -0.15) is 4.68 Å². The second-order valence-corrected chi connectivity index (χ2v) is 7.40. The van der Waals surface area contributed by atoms with E-state index in [1.54, 1.807) is 16.5 Å². The molecule has 1 saturated heterocycles. The van der Waals surface area contributed by atoms with Gasteiger partial charge in [0, 0.05) is 36.9 Å². The van der Waals surface area contributed by atoms with Crippen LogP contribution >= 0.6 is 23.8 Å². The second-order valence-electron chi connectivity index (χ2n) is 6.60. The smallest absolute Gasteiger partial charge is 0.221 e. The van der Waals surface area contributed by atoms with Gasteiger partial charge in [0.15, 0.2) is 0 Å². The van der Waals surface area contributed by atoms with Gasteiger partial charge in [0.25, 0.3) is 0 Å². The molecule has 0 atom stereocenters. The van der Waals surface area contributed by atoms with E-state index < -0.39 is 0 Å². The molecule has 28 heavy (non-hydrogen) atoms. The van der Waals surface area contributed by atoms with Gasteiger partial charge in [0.2, 0.25) is 4.77 Å². The van der Waals surface area contributed by atoms with Crippen molar-refractivity contribution in [3.63, 3.8) is 0 Å². The maximum atomic E-state index is 6.07. The van der Waals surface area contributed by atoms with Crippen molar-refractivity contribution in [1.82, 2.24) is 24.7 Å². The zero-order valence-corrected chi connectivity index (χ0v) is 17.1.